The number of H-pyrrole nitrogens is 1. The Morgan fingerprint density at radius 3 is 2.61 bits per heavy atom. The van der Waals surface area contributed by atoms with Crippen molar-refractivity contribution in [3.8, 4) is 28.0 Å². The first-order valence-corrected chi connectivity index (χ1v) is 10.5. The summed E-state index contributed by atoms with van der Waals surface area (Å²) in [5, 5.41) is 5.29. The summed E-state index contributed by atoms with van der Waals surface area (Å²) in [4.78, 5) is 7.75. The number of anilines is 1. The molecule has 33 heavy (non-hydrogen) atoms. The van der Waals surface area contributed by atoms with Gasteiger partial charge in [-0.25, -0.2) is 13.8 Å². The van der Waals surface area contributed by atoms with Crippen LogP contribution in [0.1, 0.15) is 5.56 Å². The van der Waals surface area contributed by atoms with E-state index in [1.54, 1.807) is 24.2 Å². The van der Waals surface area contributed by atoms with Crippen molar-refractivity contribution in [2.75, 3.05) is 11.8 Å². The van der Waals surface area contributed by atoms with E-state index in [2.05, 4.69) is 38.7 Å². The van der Waals surface area contributed by atoms with E-state index >= 15 is 0 Å². The Morgan fingerprint density at radius 2 is 1.85 bits per heavy atom. The molecule has 5 rings (SSSR count). The number of methoxy groups -OCH3 is 1. The van der Waals surface area contributed by atoms with E-state index in [9.17, 15) is 8.78 Å². The molecule has 166 valence electrons. The maximum absolute atomic E-state index is 13.5. The summed E-state index contributed by atoms with van der Waals surface area (Å²) in [6.07, 6.45) is 7.24. The number of aromatic amines is 1. The van der Waals surface area contributed by atoms with Gasteiger partial charge in [0.25, 0.3) is 0 Å². The largest absolute Gasteiger partial charge is 0.495 e. The summed E-state index contributed by atoms with van der Waals surface area (Å²) in [5.74, 6) is -0.527. The first-order valence-electron chi connectivity index (χ1n) is 10.1. The van der Waals surface area contributed by atoms with E-state index < -0.39 is 11.6 Å². The zero-order valence-corrected chi connectivity index (χ0v) is 18.4. The third-order valence-corrected chi connectivity index (χ3v) is 5.64. The summed E-state index contributed by atoms with van der Waals surface area (Å²) in [7, 11) is 1.61. The van der Waals surface area contributed by atoms with E-state index in [-0.39, 0.29) is 6.54 Å². The van der Waals surface area contributed by atoms with Crippen LogP contribution in [0.5, 0.6) is 5.75 Å². The maximum atomic E-state index is 13.5. The van der Waals surface area contributed by atoms with Crippen molar-refractivity contribution >= 4 is 29.5 Å². The van der Waals surface area contributed by atoms with E-state index in [0.29, 0.717) is 11.3 Å². The van der Waals surface area contributed by atoms with Crippen molar-refractivity contribution in [1.29, 1.82) is 0 Å². The van der Waals surface area contributed by atoms with Crippen LogP contribution in [0, 0.1) is 11.6 Å². The molecule has 0 aliphatic heterocycles. The average Bonchev–Trinajstić information content (AvgIpc) is 3.44. The van der Waals surface area contributed by atoms with E-state index in [1.165, 1.54) is 12.1 Å². The molecule has 2 N–H and O–H groups in total. The minimum Gasteiger partial charge on any atom is -0.495 e. The lowest BCUT2D eigenvalue weighted by atomic mass is 10.0. The molecule has 0 spiro atoms. The summed E-state index contributed by atoms with van der Waals surface area (Å²) < 4.78 is 36.8. The molecule has 0 saturated heterocycles. The first kappa shape index (κ1) is 21.0. The minimum absolute atomic E-state index is 0.256. The standard InChI is InChI=1S/C24H19F2N5OS/c1-32-23-3-2-15(7-22(23)30-33)16-6-20-21(11-28-24(20)27-9-16)17-10-29-31(13-17)12-14-4-18(25)8-19(26)5-14/h2-11,13,30,33H,12H2,1H3,(H,27,28). The second kappa shape index (κ2) is 8.59. The van der Waals surface area contributed by atoms with Crippen molar-refractivity contribution in [3.63, 3.8) is 0 Å². The van der Waals surface area contributed by atoms with Gasteiger partial charge in [-0.2, -0.15) is 5.10 Å². The van der Waals surface area contributed by atoms with Gasteiger partial charge in [0.15, 0.2) is 0 Å². The third kappa shape index (κ3) is 4.14. The van der Waals surface area contributed by atoms with Crippen LogP contribution >= 0.6 is 12.8 Å². The topological polar surface area (TPSA) is 67.8 Å². The molecule has 0 fully saturated rings. The molecule has 9 heteroatoms. The summed E-state index contributed by atoms with van der Waals surface area (Å²) in [6.45, 7) is 0.256. The molecule has 3 heterocycles. The lowest BCUT2D eigenvalue weighted by Gasteiger charge is -2.10. The number of rotatable bonds is 6. The van der Waals surface area contributed by atoms with Crippen molar-refractivity contribution in [2.45, 2.75) is 6.54 Å². The van der Waals surface area contributed by atoms with Gasteiger partial charge in [-0.15, -0.1) is 0 Å². The number of nitrogens with one attached hydrogen (secondary N) is 2. The van der Waals surface area contributed by atoms with E-state index in [1.807, 2.05) is 30.6 Å². The second-order valence-electron chi connectivity index (χ2n) is 7.55. The molecule has 3 aromatic heterocycles. The van der Waals surface area contributed by atoms with Crippen LogP contribution in [-0.2, 0) is 6.54 Å². The number of hydrogen-bond donors (Lipinski definition) is 3. The van der Waals surface area contributed by atoms with Crippen molar-refractivity contribution in [2.24, 2.45) is 0 Å². The van der Waals surface area contributed by atoms with Crippen LogP contribution < -0.4 is 9.46 Å². The normalized spacial score (nSPS) is 11.2. The van der Waals surface area contributed by atoms with Crippen LogP contribution in [0.4, 0.5) is 14.5 Å². The van der Waals surface area contributed by atoms with Gasteiger partial charge >= 0.3 is 0 Å². The smallest absolute Gasteiger partial charge is 0.142 e. The number of benzene rings is 2. The molecule has 0 aliphatic carbocycles. The highest BCUT2D eigenvalue weighted by molar-refractivity contribution is 7.81. The number of nitrogens with zero attached hydrogens (tertiary/aromatic N) is 3. The number of fused-ring (bicyclic) bond motifs is 1. The highest BCUT2D eigenvalue weighted by atomic mass is 32.1. The average molecular weight is 464 g/mol. The Balaban J connectivity index is 1.49. The Hall–Kier alpha value is -3.85. The fraction of sp³-hybridized carbons (Fsp3) is 0.0833. The number of aromatic nitrogens is 4. The van der Waals surface area contributed by atoms with Crippen molar-refractivity contribution < 1.29 is 13.5 Å². The highest BCUT2D eigenvalue weighted by Gasteiger charge is 2.13. The molecule has 6 nitrogen and oxygen atoms in total. The number of halogens is 2. The van der Waals surface area contributed by atoms with Gasteiger partial charge in [0.2, 0.25) is 0 Å². The third-order valence-electron chi connectivity index (χ3n) is 5.40. The molecule has 5 aromatic rings. The Kier molecular flexibility index (Phi) is 5.47. The molecule has 0 unspecified atom stereocenters. The van der Waals surface area contributed by atoms with Gasteiger partial charge in [0.1, 0.15) is 23.0 Å². The first-order chi connectivity index (χ1) is 16.0. The molecule has 0 saturated carbocycles. The Morgan fingerprint density at radius 1 is 1.03 bits per heavy atom. The number of ether oxygens (including phenoxy) is 1. The zero-order chi connectivity index (χ0) is 22.9. The number of hydrogen-bond acceptors (Lipinski definition) is 5. The fourth-order valence-corrected chi connectivity index (χ4v) is 4.03. The lowest BCUT2D eigenvalue weighted by Crippen LogP contribution is -2.00. The Labute approximate surface area is 193 Å². The van der Waals surface area contributed by atoms with E-state index in [4.69, 9.17) is 4.74 Å². The van der Waals surface area contributed by atoms with E-state index in [0.717, 1.165) is 45.0 Å². The van der Waals surface area contributed by atoms with Gasteiger partial charge in [-0.3, -0.25) is 4.68 Å². The molecule has 0 radical (unpaired) electrons. The SMILES string of the molecule is COc1ccc(-c2cnc3[nH]cc(-c4cnn(Cc5cc(F)cc(F)c5)c4)c3c2)cc1NS. The van der Waals surface area contributed by atoms with Gasteiger partial charge in [0.05, 0.1) is 25.5 Å². The minimum atomic E-state index is -0.609. The molecule has 0 amide bonds. The Bertz CT molecular complexity index is 1440. The van der Waals surface area contributed by atoms with Crippen LogP contribution in [0.2, 0.25) is 0 Å². The molecular formula is C24H19F2N5OS. The van der Waals surface area contributed by atoms with Gasteiger partial charge in [-0.05, 0) is 41.5 Å². The predicted molar refractivity (Wildman–Crippen MR) is 127 cm³/mol. The zero-order valence-electron chi connectivity index (χ0n) is 17.5. The fourth-order valence-electron chi connectivity index (χ4n) is 3.85. The maximum Gasteiger partial charge on any atom is 0.142 e. The monoisotopic (exact) mass is 463 g/mol. The highest BCUT2D eigenvalue weighted by Crippen LogP contribution is 2.34. The van der Waals surface area contributed by atoms with Gasteiger partial charge in [0, 0.05) is 46.7 Å². The van der Waals surface area contributed by atoms with Crippen LogP contribution in [0.3, 0.4) is 0 Å². The number of pyridine rings is 1. The lowest BCUT2D eigenvalue weighted by molar-refractivity contribution is 0.417. The summed E-state index contributed by atoms with van der Waals surface area (Å²) in [5.41, 5.74) is 5.67. The van der Waals surface area contributed by atoms with Crippen LogP contribution in [0.25, 0.3) is 33.3 Å². The number of thiol groups is 1. The van der Waals surface area contributed by atoms with Gasteiger partial charge < -0.3 is 14.4 Å². The molecule has 0 bridgehead atoms. The molecule has 0 aliphatic rings. The molecule has 0 atom stereocenters. The quantitative estimate of drug-likeness (QED) is 0.283. The summed E-state index contributed by atoms with van der Waals surface area (Å²) in [6, 6.07) is 11.3. The van der Waals surface area contributed by atoms with Crippen molar-refractivity contribution in [3.05, 3.63) is 84.4 Å². The predicted octanol–water partition coefficient (Wildman–Crippen LogP) is 5.69. The van der Waals surface area contributed by atoms with Crippen molar-refractivity contribution in [1.82, 2.24) is 19.7 Å². The van der Waals surface area contributed by atoms with Crippen LogP contribution in [-0.4, -0.2) is 26.9 Å². The van der Waals surface area contributed by atoms with Gasteiger partial charge in [-0.1, -0.05) is 18.9 Å². The second-order valence-corrected chi connectivity index (χ2v) is 7.78. The van der Waals surface area contributed by atoms with Crippen LogP contribution in [0.15, 0.2) is 67.3 Å². The molecule has 2 aromatic carbocycles. The summed E-state index contributed by atoms with van der Waals surface area (Å²) >= 11 is 4.15. The molecular weight excluding hydrogens is 444 g/mol.